The van der Waals surface area contributed by atoms with E-state index in [2.05, 4.69) is 5.32 Å². The van der Waals surface area contributed by atoms with Crippen LogP contribution in [-0.4, -0.2) is 24.3 Å². The third-order valence-corrected chi connectivity index (χ3v) is 3.02. The molecule has 0 aromatic rings. The molecule has 11 heavy (non-hydrogen) atoms. The van der Waals surface area contributed by atoms with Gasteiger partial charge in [0.15, 0.2) is 0 Å². The highest BCUT2D eigenvalue weighted by Crippen LogP contribution is 2.39. The smallest absolute Gasteiger partial charge is 0.0540 e. The van der Waals surface area contributed by atoms with Crippen LogP contribution in [0.3, 0.4) is 0 Å². The Morgan fingerprint density at radius 3 is 2.09 bits per heavy atom. The number of aliphatic hydroxyl groups excluding tert-OH is 1. The standard InChI is InChI=1S/C8H15NO.ClH/c10-7-1-3-8(4-2-7)5-9-6-8;/h7,9-10H,1-6H2;1H. The lowest BCUT2D eigenvalue weighted by molar-refractivity contribution is 0.0305. The molecule has 1 saturated heterocycles. The third kappa shape index (κ3) is 1.68. The molecule has 0 radical (unpaired) electrons. The summed E-state index contributed by atoms with van der Waals surface area (Å²) >= 11 is 0. The Labute approximate surface area is 73.8 Å². The Hall–Kier alpha value is 0.210. The number of hydrogen-bond acceptors (Lipinski definition) is 2. The van der Waals surface area contributed by atoms with Crippen molar-refractivity contribution in [2.24, 2.45) is 5.41 Å². The van der Waals surface area contributed by atoms with Gasteiger partial charge in [-0.15, -0.1) is 12.4 Å². The molecule has 0 bridgehead atoms. The van der Waals surface area contributed by atoms with Gasteiger partial charge < -0.3 is 10.4 Å². The molecule has 1 spiro atoms. The van der Waals surface area contributed by atoms with Gasteiger partial charge in [0.05, 0.1) is 6.10 Å². The van der Waals surface area contributed by atoms with Gasteiger partial charge in [0.25, 0.3) is 0 Å². The van der Waals surface area contributed by atoms with E-state index in [9.17, 15) is 5.11 Å². The van der Waals surface area contributed by atoms with Crippen LogP contribution in [-0.2, 0) is 0 Å². The Morgan fingerprint density at radius 1 is 1.18 bits per heavy atom. The van der Waals surface area contributed by atoms with Crippen LogP contribution in [0.5, 0.6) is 0 Å². The van der Waals surface area contributed by atoms with Gasteiger partial charge in [-0.1, -0.05) is 0 Å². The highest BCUT2D eigenvalue weighted by Gasteiger charge is 2.39. The molecule has 1 aliphatic heterocycles. The number of nitrogens with one attached hydrogen (secondary N) is 1. The minimum absolute atomic E-state index is 0. The van der Waals surface area contributed by atoms with Crippen molar-refractivity contribution in [1.29, 1.82) is 0 Å². The van der Waals surface area contributed by atoms with Crippen LogP contribution in [0, 0.1) is 5.41 Å². The summed E-state index contributed by atoms with van der Waals surface area (Å²) in [6.07, 6.45) is 4.54. The van der Waals surface area contributed by atoms with Crippen molar-refractivity contribution in [2.45, 2.75) is 31.8 Å². The van der Waals surface area contributed by atoms with E-state index in [0.29, 0.717) is 5.41 Å². The molecule has 1 heterocycles. The molecule has 2 fully saturated rings. The van der Waals surface area contributed by atoms with Gasteiger partial charge in [0.1, 0.15) is 0 Å². The molecule has 0 amide bonds. The second kappa shape index (κ2) is 3.30. The zero-order valence-corrected chi connectivity index (χ0v) is 7.49. The molecule has 66 valence electrons. The van der Waals surface area contributed by atoms with Gasteiger partial charge in [0, 0.05) is 13.1 Å². The predicted octanol–water partition coefficient (Wildman–Crippen LogP) is 0.933. The predicted molar refractivity (Wildman–Crippen MR) is 47.0 cm³/mol. The molecule has 2 aliphatic rings. The molecule has 1 aliphatic carbocycles. The Balaban J connectivity index is 0.000000605. The second-order valence-corrected chi connectivity index (χ2v) is 3.83. The van der Waals surface area contributed by atoms with Crippen LogP contribution < -0.4 is 5.32 Å². The second-order valence-electron chi connectivity index (χ2n) is 3.83. The Kier molecular flexibility index (Phi) is 2.79. The molecule has 0 atom stereocenters. The largest absolute Gasteiger partial charge is 0.393 e. The summed E-state index contributed by atoms with van der Waals surface area (Å²) in [6.45, 7) is 2.39. The highest BCUT2D eigenvalue weighted by molar-refractivity contribution is 5.85. The fourth-order valence-corrected chi connectivity index (χ4v) is 2.05. The first-order valence-electron chi connectivity index (χ1n) is 4.20. The van der Waals surface area contributed by atoms with Crippen molar-refractivity contribution >= 4 is 12.4 Å². The van der Waals surface area contributed by atoms with Crippen LogP contribution in [0.4, 0.5) is 0 Å². The minimum atomic E-state index is 0. The normalized spacial score (nSPS) is 29.2. The topological polar surface area (TPSA) is 32.3 Å². The third-order valence-electron chi connectivity index (χ3n) is 3.02. The molecule has 0 unspecified atom stereocenters. The summed E-state index contributed by atoms with van der Waals surface area (Å²) < 4.78 is 0. The number of aliphatic hydroxyl groups is 1. The van der Waals surface area contributed by atoms with Crippen LogP contribution in [0.1, 0.15) is 25.7 Å². The molecule has 2 rings (SSSR count). The highest BCUT2D eigenvalue weighted by atomic mass is 35.5. The van der Waals surface area contributed by atoms with Crippen molar-refractivity contribution in [3.05, 3.63) is 0 Å². The van der Waals surface area contributed by atoms with Crippen LogP contribution in [0.2, 0.25) is 0 Å². The number of halogens is 1. The van der Waals surface area contributed by atoms with Crippen molar-refractivity contribution in [2.75, 3.05) is 13.1 Å². The Morgan fingerprint density at radius 2 is 1.73 bits per heavy atom. The fourth-order valence-electron chi connectivity index (χ4n) is 2.05. The van der Waals surface area contributed by atoms with Gasteiger partial charge in [-0.25, -0.2) is 0 Å². The lowest BCUT2D eigenvalue weighted by Crippen LogP contribution is -2.55. The summed E-state index contributed by atoms with van der Waals surface area (Å²) in [4.78, 5) is 0. The summed E-state index contributed by atoms with van der Waals surface area (Å²) in [5, 5.41) is 12.5. The molecular weight excluding hydrogens is 162 g/mol. The van der Waals surface area contributed by atoms with Gasteiger partial charge >= 0.3 is 0 Å². The van der Waals surface area contributed by atoms with Crippen molar-refractivity contribution in [3.63, 3.8) is 0 Å². The van der Waals surface area contributed by atoms with Crippen molar-refractivity contribution < 1.29 is 5.11 Å². The van der Waals surface area contributed by atoms with E-state index in [1.807, 2.05) is 0 Å². The van der Waals surface area contributed by atoms with Crippen LogP contribution in [0.25, 0.3) is 0 Å². The average molecular weight is 178 g/mol. The van der Waals surface area contributed by atoms with Crippen LogP contribution >= 0.6 is 12.4 Å². The first-order valence-corrected chi connectivity index (χ1v) is 4.20. The molecule has 1 saturated carbocycles. The minimum Gasteiger partial charge on any atom is -0.393 e. The van der Waals surface area contributed by atoms with E-state index in [1.165, 1.54) is 25.9 Å². The summed E-state index contributed by atoms with van der Waals surface area (Å²) in [5.41, 5.74) is 0.610. The maximum Gasteiger partial charge on any atom is 0.0540 e. The van der Waals surface area contributed by atoms with E-state index in [-0.39, 0.29) is 18.5 Å². The average Bonchev–Trinajstić information content (AvgIpc) is 1.86. The van der Waals surface area contributed by atoms with Crippen molar-refractivity contribution in [1.82, 2.24) is 5.32 Å². The monoisotopic (exact) mass is 177 g/mol. The number of hydrogen-bond donors (Lipinski definition) is 2. The quantitative estimate of drug-likeness (QED) is 0.577. The van der Waals surface area contributed by atoms with Gasteiger partial charge in [-0.3, -0.25) is 0 Å². The van der Waals surface area contributed by atoms with E-state index in [1.54, 1.807) is 0 Å². The van der Waals surface area contributed by atoms with E-state index in [0.717, 1.165) is 12.8 Å². The van der Waals surface area contributed by atoms with Gasteiger partial charge in [-0.2, -0.15) is 0 Å². The van der Waals surface area contributed by atoms with Gasteiger partial charge in [0.2, 0.25) is 0 Å². The molecular formula is C8H16ClNO. The maximum absolute atomic E-state index is 9.24. The Bertz CT molecular complexity index is 126. The summed E-state index contributed by atoms with van der Waals surface area (Å²) in [6, 6.07) is 0. The lowest BCUT2D eigenvalue weighted by Gasteiger charge is -2.46. The number of rotatable bonds is 0. The van der Waals surface area contributed by atoms with Crippen molar-refractivity contribution in [3.8, 4) is 0 Å². The van der Waals surface area contributed by atoms with E-state index >= 15 is 0 Å². The van der Waals surface area contributed by atoms with Gasteiger partial charge in [-0.05, 0) is 31.1 Å². The summed E-state index contributed by atoms with van der Waals surface area (Å²) in [5.74, 6) is 0. The molecule has 0 aromatic heterocycles. The summed E-state index contributed by atoms with van der Waals surface area (Å²) in [7, 11) is 0. The van der Waals surface area contributed by atoms with E-state index in [4.69, 9.17) is 0 Å². The maximum atomic E-state index is 9.24. The molecule has 2 N–H and O–H groups in total. The molecule has 0 aromatic carbocycles. The SMILES string of the molecule is Cl.OC1CCC2(CC1)CNC2. The van der Waals surface area contributed by atoms with E-state index < -0.39 is 0 Å². The molecule has 2 nitrogen and oxygen atoms in total. The first-order chi connectivity index (χ1) is 4.81. The fraction of sp³-hybridized carbons (Fsp3) is 1.00. The van der Waals surface area contributed by atoms with Crippen LogP contribution in [0.15, 0.2) is 0 Å². The molecule has 3 heteroatoms. The first kappa shape index (κ1) is 9.30. The lowest BCUT2D eigenvalue weighted by atomic mass is 9.69. The zero-order chi connectivity index (χ0) is 7.03. The zero-order valence-electron chi connectivity index (χ0n) is 6.68.